The third kappa shape index (κ3) is 6.21. The Labute approximate surface area is 308 Å². The summed E-state index contributed by atoms with van der Waals surface area (Å²) in [5, 5.41) is 11.3. The molecule has 0 N–H and O–H groups in total. The normalized spacial score (nSPS) is 11.4. The Bertz CT molecular complexity index is 2590. The number of fused-ring (bicyclic) bond motifs is 3. The Hall–Kier alpha value is -6.92. The van der Waals surface area contributed by atoms with E-state index < -0.39 is 0 Å². The van der Waals surface area contributed by atoms with Crippen LogP contribution in [0.3, 0.4) is 0 Å². The van der Waals surface area contributed by atoms with Gasteiger partial charge in [0.2, 0.25) is 11.8 Å². The summed E-state index contributed by atoms with van der Waals surface area (Å²) in [6, 6.07) is 60.9. The molecule has 0 atom stereocenters. The molecule has 0 unspecified atom stereocenters. The van der Waals surface area contributed by atoms with Gasteiger partial charge in [-0.25, -0.2) is 0 Å². The molecule has 0 radical (unpaired) electrons. The van der Waals surface area contributed by atoms with Crippen molar-refractivity contribution >= 4 is 38.9 Å². The number of para-hydroxylation sites is 3. The van der Waals surface area contributed by atoms with E-state index in [0.717, 1.165) is 50.8 Å². The average Bonchev–Trinajstić information content (AvgIpc) is 3.83. The predicted octanol–water partition coefficient (Wildman–Crippen LogP) is 12.4. The maximum Gasteiger partial charge on any atom is 0.248 e. The van der Waals surface area contributed by atoms with Crippen LogP contribution in [0.1, 0.15) is 13.8 Å². The molecule has 0 bridgehead atoms. The van der Waals surface area contributed by atoms with E-state index in [9.17, 15) is 0 Å². The standard InChI is InChI=1S/C47H36N4O2/c1-32(2)52-41-30-22-34(23-31-41)33-16-18-35(19-17-33)46-48-49-47(53-46)36-20-24-38(25-21-36)50(37-10-4-3-5-11-37)39-26-28-40(29-27-39)51-44-14-8-6-12-42(44)43-13-7-9-15-45(43)51/h3-32H,1-2H3. The fourth-order valence-electron chi connectivity index (χ4n) is 6.99. The first kappa shape index (κ1) is 32.0. The van der Waals surface area contributed by atoms with E-state index in [0.29, 0.717) is 11.8 Å². The Balaban J connectivity index is 0.978. The van der Waals surface area contributed by atoms with E-state index >= 15 is 0 Å². The van der Waals surface area contributed by atoms with Crippen molar-refractivity contribution in [2.75, 3.05) is 4.90 Å². The molecule has 6 nitrogen and oxygen atoms in total. The molecule has 0 aliphatic heterocycles. The minimum Gasteiger partial charge on any atom is -0.491 e. The van der Waals surface area contributed by atoms with Crippen molar-refractivity contribution in [1.29, 1.82) is 0 Å². The van der Waals surface area contributed by atoms with Crippen LogP contribution in [0.2, 0.25) is 0 Å². The maximum absolute atomic E-state index is 6.18. The molecule has 7 aromatic carbocycles. The number of anilines is 3. The van der Waals surface area contributed by atoms with Gasteiger partial charge in [0.25, 0.3) is 0 Å². The average molecular weight is 689 g/mol. The van der Waals surface area contributed by atoms with Crippen molar-refractivity contribution in [2.45, 2.75) is 20.0 Å². The van der Waals surface area contributed by atoms with Crippen molar-refractivity contribution in [3.8, 4) is 45.5 Å². The van der Waals surface area contributed by atoms with Gasteiger partial charge in [0.1, 0.15) is 5.75 Å². The Kier molecular flexibility index (Phi) is 8.25. The molecule has 0 saturated carbocycles. The van der Waals surface area contributed by atoms with Crippen molar-refractivity contribution in [2.24, 2.45) is 0 Å². The van der Waals surface area contributed by atoms with Gasteiger partial charge in [-0.15, -0.1) is 10.2 Å². The van der Waals surface area contributed by atoms with Gasteiger partial charge >= 0.3 is 0 Å². The molecule has 0 amide bonds. The number of ether oxygens (including phenoxy) is 1. The molecule has 53 heavy (non-hydrogen) atoms. The van der Waals surface area contributed by atoms with E-state index in [1.165, 1.54) is 21.8 Å². The monoisotopic (exact) mass is 688 g/mol. The molecule has 0 spiro atoms. The van der Waals surface area contributed by atoms with Crippen LogP contribution < -0.4 is 9.64 Å². The summed E-state index contributed by atoms with van der Waals surface area (Å²) in [5.74, 6) is 1.81. The summed E-state index contributed by atoms with van der Waals surface area (Å²) >= 11 is 0. The van der Waals surface area contributed by atoms with Crippen LogP contribution in [-0.4, -0.2) is 20.9 Å². The van der Waals surface area contributed by atoms with Crippen molar-refractivity contribution in [3.05, 3.63) is 176 Å². The lowest BCUT2D eigenvalue weighted by molar-refractivity contribution is 0.242. The fourth-order valence-corrected chi connectivity index (χ4v) is 6.99. The third-order valence-corrected chi connectivity index (χ3v) is 9.45. The second-order valence-electron chi connectivity index (χ2n) is 13.3. The van der Waals surface area contributed by atoms with E-state index in [1.54, 1.807) is 0 Å². The maximum atomic E-state index is 6.18. The number of benzene rings is 7. The zero-order chi connectivity index (χ0) is 35.7. The van der Waals surface area contributed by atoms with Crippen LogP contribution in [0.5, 0.6) is 5.75 Å². The van der Waals surface area contributed by atoms with Crippen molar-refractivity contribution < 1.29 is 9.15 Å². The highest BCUT2D eigenvalue weighted by molar-refractivity contribution is 6.09. The van der Waals surface area contributed by atoms with Crippen molar-refractivity contribution in [3.63, 3.8) is 0 Å². The number of nitrogens with zero attached hydrogens (tertiary/aromatic N) is 4. The lowest BCUT2D eigenvalue weighted by Crippen LogP contribution is -2.10. The van der Waals surface area contributed by atoms with Crippen LogP contribution in [0.15, 0.2) is 180 Å². The Morgan fingerprint density at radius 2 is 0.906 bits per heavy atom. The largest absolute Gasteiger partial charge is 0.491 e. The first-order valence-electron chi connectivity index (χ1n) is 17.8. The van der Waals surface area contributed by atoms with Crippen LogP contribution in [-0.2, 0) is 0 Å². The second kappa shape index (κ2) is 13.7. The topological polar surface area (TPSA) is 56.3 Å². The smallest absolute Gasteiger partial charge is 0.248 e. The Morgan fingerprint density at radius 1 is 0.472 bits per heavy atom. The number of hydrogen-bond donors (Lipinski definition) is 0. The summed E-state index contributed by atoms with van der Waals surface area (Å²) < 4.78 is 14.3. The summed E-state index contributed by atoms with van der Waals surface area (Å²) in [5.41, 5.74) is 10.6. The molecule has 2 aromatic heterocycles. The minimum atomic E-state index is 0.143. The first-order chi connectivity index (χ1) is 26.1. The zero-order valence-corrected chi connectivity index (χ0v) is 29.4. The lowest BCUT2D eigenvalue weighted by Gasteiger charge is -2.26. The van der Waals surface area contributed by atoms with Crippen LogP contribution in [0, 0.1) is 0 Å². The third-order valence-electron chi connectivity index (χ3n) is 9.45. The number of hydrogen-bond acceptors (Lipinski definition) is 5. The predicted molar refractivity (Wildman–Crippen MR) is 215 cm³/mol. The molecule has 9 aromatic rings. The molecular weight excluding hydrogens is 653 g/mol. The van der Waals surface area contributed by atoms with E-state index in [-0.39, 0.29) is 6.10 Å². The SMILES string of the molecule is CC(C)Oc1ccc(-c2ccc(-c3nnc(-c4ccc(N(c5ccccc5)c5ccc(-n6c7ccccc7c7ccccc76)cc5)cc4)o3)cc2)cc1. The summed E-state index contributed by atoms with van der Waals surface area (Å²) in [6.07, 6.45) is 0.143. The highest BCUT2D eigenvalue weighted by Crippen LogP contribution is 2.38. The summed E-state index contributed by atoms with van der Waals surface area (Å²) in [4.78, 5) is 2.26. The van der Waals surface area contributed by atoms with Crippen LogP contribution in [0.4, 0.5) is 17.1 Å². The highest BCUT2D eigenvalue weighted by atomic mass is 16.5. The summed E-state index contributed by atoms with van der Waals surface area (Å²) in [6.45, 7) is 4.05. The van der Waals surface area contributed by atoms with Gasteiger partial charge in [-0.3, -0.25) is 0 Å². The van der Waals surface area contributed by atoms with Crippen molar-refractivity contribution in [1.82, 2.24) is 14.8 Å². The van der Waals surface area contributed by atoms with Gasteiger partial charge in [-0.1, -0.05) is 78.9 Å². The molecule has 2 heterocycles. The second-order valence-corrected chi connectivity index (χ2v) is 13.3. The number of aromatic nitrogens is 3. The van der Waals surface area contributed by atoms with Gasteiger partial charge in [0.05, 0.1) is 17.1 Å². The molecule has 0 saturated heterocycles. The molecular formula is C47H36N4O2. The minimum absolute atomic E-state index is 0.143. The van der Waals surface area contributed by atoms with Gasteiger partial charge in [-0.2, -0.15) is 0 Å². The van der Waals surface area contributed by atoms with Gasteiger partial charge in [-0.05, 0) is 122 Å². The fraction of sp³-hybridized carbons (Fsp3) is 0.0638. The lowest BCUT2D eigenvalue weighted by atomic mass is 10.0. The zero-order valence-electron chi connectivity index (χ0n) is 29.4. The van der Waals surface area contributed by atoms with Gasteiger partial charge < -0.3 is 18.6 Å². The van der Waals surface area contributed by atoms with Crippen LogP contribution >= 0.6 is 0 Å². The first-order valence-corrected chi connectivity index (χ1v) is 17.8. The van der Waals surface area contributed by atoms with E-state index in [2.05, 4.69) is 153 Å². The highest BCUT2D eigenvalue weighted by Gasteiger charge is 2.17. The molecule has 0 aliphatic rings. The van der Waals surface area contributed by atoms with Gasteiger partial charge in [0.15, 0.2) is 0 Å². The molecule has 256 valence electrons. The van der Waals surface area contributed by atoms with E-state index in [4.69, 9.17) is 9.15 Å². The molecule has 0 aliphatic carbocycles. The van der Waals surface area contributed by atoms with Gasteiger partial charge in [0, 0.05) is 44.6 Å². The number of rotatable bonds is 9. The quantitative estimate of drug-likeness (QED) is 0.151. The molecule has 0 fully saturated rings. The van der Waals surface area contributed by atoms with E-state index in [1.807, 2.05) is 56.3 Å². The van der Waals surface area contributed by atoms with Crippen LogP contribution in [0.25, 0.3) is 61.5 Å². The molecule has 6 heteroatoms. The summed E-state index contributed by atoms with van der Waals surface area (Å²) in [7, 11) is 0. The molecule has 9 rings (SSSR count). The Morgan fingerprint density at radius 3 is 1.45 bits per heavy atom.